The highest BCUT2D eigenvalue weighted by Gasteiger charge is 2.08. The van der Waals surface area contributed by atoms with E-state index in [1.807, 2.05) is 36.4 Å². The molecule has 1 aromatic heterocycles. The minimum absolute atomic E-state index is 0.449. The molecule has 122 valence electrons. The van der Waals surface area contributed by atoms with Crippen molar-refractivity contribution in [1.82, 2.24) is 4.98 Å². The number of para-hydroxylation sites is 1. The SMILES string of the molecule is Cc1ccc(-c2cc3ccccc3c(COc3ccccc3)n2)cc1. The quantitative estimate of drug-likeness (QED) is 0.474. The lowest BCUT2D eigenvalue weighted by Gasteiger charge is -2.11. The van der Waals surface area contributed by atoms with Crippen molar-refractivity contribution in [2.24, 2.45) is 0 Å². The molecule has 0 saturated heterocycles. The average molecular weight is 325 g/mol. The van der Waals surface area contributed by atoms with Crippen LogP contribution in [0.2, 0.25) is 0 Å². The number of fused-ring (bicyclic) bond motifs is 1. The van der Waals surface area contributed by atoms with Crippen LogP contribution in [-0.4, -0.2) is 4.98 Å². The van der Waals surface area contributed by atoms with Gasteiger partial charge in [0.05, 0.1) is 11.4 Å². The molecule has 25 heavy (non-hydrogen) atoms. The number of ether oxygens (including phenoxy) is 1. The molecule has 0 radical (unpaired) electrons. The maximum atomic E-state index is 5.95. The van der Waals surface area contributed by atoms with E-state index in [-0.39, 0.29) is 0 Å². The van der Waals surface area contributed by atoms with Gasteiger partial charge in [0.1, 0.15) is 12.4 Å². The van der Waals surface area contributed by atoms with Crippen LogP contribution in [0, 0.1) is 6.92 Å². The van der Waals surface area contributed by atoms with Crippen LogP contribution in [0.5, 0.6) is 5.75 Å². The third-order valence-electron chi connectivity index (χ3n) is 4.29. The van der Waals surface area contributed by atoms with Crippen molar-refractivity contribution in [2.45, 2.75) is 13.5 Å². The van der Waals surface area contributed by atoms with Gasteiger partial charge in [-0.15, -0.1) is 0 Å². The van der Waals surface area contributed by atoms with Crippen LogP contribution in [0.4, 0.5) is 0 Å². The number of hydrogen-bond acceptors (Lipinski definition) is 2. The molecule has 2 nitrogen and oxygen atoms in total. The molecule has 0 N–H and O–H groups in total. The van der Waals surface area contributed by atoms with Crippen molar-refractivity contribution in [1.29, 1.82) is 0 Å². The first-order valence-corrected chi connectivity index (χ1v) is 8.43. The van der Waals surface area contributed by atoms with Gasteiger partial charge in [0.15, 0.2) is 0 Å². The van der Waals surface area contributed by atoms with E-state index in [1.165, 1.54) is 10.9 Å². The first-order chi connectivity index (χ1) is 12.3. The molecule has 1 heterocycles. The third kappa shape index (κ3) is 3.38. The molecule has 0 fully saturated rings. The van der Waals surface area contributed by atoms with Gasteiger partial charge in [-0.25, -0.2) is 4.98 Å². The van der Waals surface area contributed by atoms with Gasteiger partial charge in [0.25, 0.3) is 0 Å². The van der Waals surface area contributed by atoms with Crippen LogP contribution in [-0.2, 0) is 6.61 Å². The minimum Gasteiger partial charge on any atom is -0.487 e. The maximum absolute atomic E-state index is 5.95. The first kappa shape index (κ1) is 15.4. The molecule has 0 aliphatic rings. The van der Waals surface area contributed by atoms with Crippen molar-refractivity contribution in [3.05, 3.63) is 96.2 Å². The molecule has 0 spiro atoms. The summed E-state index contributed by atoms with van der Waals surface area (Å²) in [5.74, 6) is 0.856. The topological polar surface area (TPSA) is 22.1 Å². The molecule has 0 unspecified atom stereocenters. The van der Waals surface area contributed by atoms with Gasteiger partial charge >= 0.3 is 0 Å². The Bertz CT molecular complexity index is 991. The lowest BCUT2D eigenvalue weighted by atomic mass is 10.0. The highest BCUT2D eigenvalue weighted by molar-refractivity contribution is 5.87. The molecular formula is C23H19NO. The summed E-state index contributed by atoms with van der Waals surface area (Å²) in [6.07, 6.45) is 0. The summed E-state index contributed by atoms with van der Waals surface area (Å²) in [6, 6.07) is 28.8. The Morgan fingerprint density at radius 3 is 2.32 bits per heavy atom. The van der Waals surface area contributed by atoms with Crippen LogP contribution in [0.15, 0.2) is 84.9 Å². The number of aryl methyl sites for hydroxylation is 1. The molecule has 4 rings (SSSR count). The molecule has 3 aromatic carbocycles. The Morgan fingerprint density at radius 2 is 1.52 bits per heavy atom. The highest BCUT2D eigenvalue weighted by Crippen LogP contribution is 2.26. The van der Waals surface area contributed by atoms with Crippen LogP contribution in [0.3, 0.4) is 0 Å². The van der Waals surface area contributed by atoms with Crippen molar-refractivity contribution in [2.75, 3.05) is 0 Å². The van der Waals surface area contributed by atoms with Crippen molar-refractivity contribution >= 4 is 10.8 Å². The van der Waals surface area contributed by atoms with Gasteiger partial charge in [-0.3, -0.25) is 0 Å². The normalized spacial score (nSPS) is 10.8. The molecule has 0 saturated carbocycles. The molecule has 2 heteroatoms. The lowest BCUT2D eigenvalue weighted by Crippen LogP contribution is -2.01. The van der Waals surface area contributed by atoms with Gasteiger partial charge in [-0.05, 0) is 30.5 Å². The van der Waals surface area contributed by atoms with E-state index in [1.54, 1.807) is 0 Å². The summed E-state index contributed by atoms with van der Waals surface area (Å²) >= 11 is 0. The molecular weight excluding hydrogens is 306 g/mol. The fraction of sp³-hybridized carbons (Fsp3) is 0.0870. The summed E-state index contributed by atoms with van der Waals surface area (Å²) in [5.41, 5.74) is 4.30. The van der Waals surface area contributed by atoms with Crippen LogP contribution in [0.25, 0.3) is 22.0 Å². The van der Waals surface area contributed by atoms with Gasteiger partial charge in [-0.1, -0.05) is 72.3 Å². The predicted octanol–water partition coefficient (Wildman–Crippen LogP) is 5.79. The van der Waals surface area contributed by atoms with Crippen molar-refractivity contribution < 1.29 is 4.74 Å². The summed E-state index contributed by atoms with van der Waals surface area (Å²) < 4.78 is 5.95. The van der Waals surface area contributed by atoms with Gasteiger partial charge in [0, 0.05) is 10.9 Å². The Hall–Kier alpha value is -3.13. The summed E-state index contributed by atoms with van der Waals surface area (Å²) in [5, 5.41) is 2.31. The molecule has 0 amide bonds. The monoisotopic (exact) mass is 325 g/mol. The van der Waals surface area contributed by atoms with E-state index in [2.05, 4.69) is 55.5 Å². The molecule has 0 aliphatic carbocycles. The zero-order valence-electron chi connectivity index (χ0n) is 14.1. The largest absolute Gasteiger partial charge is 0.487 e. The number of hydrogen-bond donors (Lipinski definition) is 0. The van der Waals surface area contributed by atoms with Crippen molar-refractivity contribution in [3.8, 4) is 17.0 Å². The van der Waals surface area contributed by atoms with Crippen LogP contribution >= 0.6 is 0 Å². The van der Waals surface area contributed by atoms with Crippen LogP contribution in [0.1, 0.15) is 11.3 Å². The summed E-state index contributed by atoms with van der Waals surface area (Å²) in [6.45, 7) is 2.54. The van der Waals surface area contributed by atoms with E-state index in [4.69, 9.17) is 9.72 Å². The number of benzene rings is 3. The van der Waals surface area contributed by atoms with Crippen LogP contribution < -0.4 is 4.74 Å². The zero-order valence-corrected chi connectivity index (χ0v) is 14.1. The molecule has 4 aromatic rings. The third-order valence-corrected chi connectivity index (χ3v) is 4.29. The maximum Gasteiger partial charge on any atom is 0.131 e. The highest BCUT2D eigenvalue weighted by atomic mass is 16.5. The lowest BCUT2D eigenvalue weighted by molar-refractivity contribution is 0.303. The number of pyridine rings is 1. The second kappa shape index (κ2) is 6.78. The standard InChI is InChI=1S/C23H19NO/c1-17-11-13-18(14-12-17)22-15-19-7-5-6-10-21(19)23(24-22)16-25-20-8-3-2-4-9-20/h2-15H,16H2,1H3. The number of nitrogens with zero attached hydrogens (tertiary/aromatic N) is 1. The molecule has 0 bridgehead atoms. The van der Waals surface area contributed by atoms with Gasteiger partial charge < -0.3 is 4.74 Å². The minimum atomic E-state index is 0.449. The fourth-order valence-electron chi connectivity index (χ4n) is 2.92. The summed E-state index contributed by atoms with van der Waals surface area (Å²) in [4.78, 5) is 4.89. The smallest absolute Gasteiger partial charge is 0.131 e. The Kier molecular flexibility index (Phi) is 4.17. The van der Waals surface area contributed by atoms with E-state index < -0.39 is 0 Å². The first-order valence-electron chi connectivity index (χ1n) is 8.43. The number of aromatic nitrogens is 1. The Balaban J connectivity index is 1.74. The Labute approximate surface area is 147 Å². The van der Waals surface area contributed by atoms with Crippen molar-refractivity contribution in [3.63, 3.8) is 0 Å². The van der Waals surface area contributed by atoms with Gasteiger partial charge in [-0.2, -0.15) is 0 Å². The predicted molar refractivity (Wildman–Crippen MR) is 103 cm³/mol. The fourth-order valence-corrected chi connectivity index (χ4v) is 2.92. The molecule has 0 aliphatic heterocycles. The zero-order chi connectivity index (χ0) is 17.1. The van der Waals surface area contributed by atoms with Gasteiger partial charge in [0.2, 0.25) is 0 Å². The Morgan fingerprint density at radius 1 is 0.800 bits per heavy atom. The van der Waals surface area contributed by atoms with E-state index >= 15 is 0 Å². The average Bonchev–Trinajstić information content (AvgIpc) is 2.67. The number of rotatable bonds is 4. The second-order valence-electron chi connectivity index (χ2n) is 6.14. The van der Waals surface area contributed by atoms with E-state index in [9.17, 15) is 0 Å². The summed E-state index contributed by atoms with van der Waals surface area (Å²) in [7, 11) is 0. The second-order valence-corrected chi connectivity index (χ2v) is 6.14. The molecule has 0 atom stereocenters. The van der Waals surface area contributed by atoms with E-state index in [0.717, 1.165) is 28.1 Å². The van der Waals surface area contributed by atoms with E-state index in [0.29, 0.717) is 6.61 Å².